The maximum Gasteiger partial charge on any atom is 0.269 e. The van der Waals surface area contributed by atoms with Gasteiger partial charge in [-0.05, 0) is 54.7 Å². The summed E-state index contributed by atoms with van der Waals surface area (Å²) in [7, 11) is 0. The Hall–Kier alpha value is -3.98. The van der Waals surface area contributed by atoms with Crippen LogP contribution in [0.5, 0.6) is 11.5 Å². The first-order chi connectivity index (χ1) is 15.0. The Kier molecular flexibility index (Phi) is 7.50. The average molecular weight is 437 g/mol. The van der Waals surface area contributed by atoms with Crippen LogP contribution in [0.3, 0.4) is 0 Å². The molecule has 1 amide bonds. The molecule has 0 fully saturated rings. The molecule has 8 nitrogen and oxygen atoms in total. The van der Waals surface area contributed by atoms with Gasteiger partial charge in [0.1, 0.15) is 24.7 Å². The number of nitrogens with one attached hydrogen (secondary N) is 2. The van der Waals surface area contributed by atoms with Gasteiger partial charge in [0.25, 0.3) is 11.6 Å². The van der Waals surface area contributed by atoms with Crippen molar-refractivity contribution in [1.29, 1.82) is 0 Å². The molecule has 3 aromatic rings. The fourth-order valence-corrected chi connectivity index (χ4v) is 2.78. The van der Waals surface area contributed by atoms with Gasteiger partial charge in [0.05, 0.1) is 4.92 Å². The van der Waals surface area contributed by atoms with Crippen molar-refractivity contribution in [3.63, 3.8) is 0 Å². The summed E-state index contributed by atoms with van der Waals surface area (Å²) in [6.45, 7) is 0.684. The molecule has 3 aromatic carbocycles. The summed E-state index contributed by atoms with van der Waals surface area (Å²) >= 11 is 5.14. The molecule has 0 unspecified atom stereocenters. The molecule has 0 aliphatic rings. The number of carbonyl (C=O) groups is 1. The Morgan fingerprint density at radius 1 is 0.903 bits per heavy atom. The summed E-state index contributed by atoms with van der Waals surface area (Å²) in [6, 6.07) is 21.8. The van der Waals surface area contributed by atoms with E-state index < -0.39 is 10.8 Å². The van der Waals surface area contributed by atoms with E-state index in [0.29, 0.717) is 30.2 Å². The van der Waals surface area contributed by atoms with Crippen LogP contribution >= 0.6 is 12.2 Å². The standard InChI is InChI=1S/C22H19N3O5S/c26-21(24-22(31)23-17-9-11-18(12-10-17)25(27)28)16-5-4-8-20(15-16)30-14-13-29-19-6-2-1-3-7-19/h1-12,15H,13-14H2,(H2,23,24,26,31). The zero-order chi connectivity index (χ0) is 22.1. The third-order valence-electron chi connectivity index (χ3n) is 4.02. The van der Waals surface area contributed by atoms with Gasteiger partial charge in [0.15, 0.2) is 5.11 Å². The van der Waals surface area contributed by atoms with Crippen LogP contribution in [-0.2, 0) is 0 Å². The van der Waals surface area contributed by atoms with Gasteiger partial charge in [-0.3, -0.25) is 20.2 Å². The predicted molar refractivity (Wildman–Crippen MR) is 121 cm³/mol. The first-order valence-electron chi connectivity index (χ1n) is 9.29. The molecule has 0 spiro atoms. The maximum absolute atomic E-state index is 12.4. The summed E-state index contributed by atoms with van der Waals surface area (Å²) in [5.41, 5.74) is 0.854. The molecule has 0 saturated carbocycles. The number of para-hydroxylation sites is 1. The normalized spacial score (nSPS) is 10.1. The highest BCUT2D eigenvalue weighted by Gasteiger charge is 2.10. The Bertz CT molecular complexity index is 1060. The number of non-ortho nitro benzene ring substituents is 1. The Balaban J connectivity index is 1.48. The van der Waals surface area contributed by atoms with Gasteiger partial charge in [-0.1, -0.05) is 24.3 Å². The average Bonchev–Trinajstić information content (AvgIpc) is 2.78. The van der Waals surface area contributed by atoms with E-state index in [-0.39, 0.29) is 10.8 Å². The number of nitro benzene ring substituents is 1. The van der Waals surface area contributed by atoms with Crippen molar-refractivity contribution in [2.45, 2.75) is 0 Å². The summed E-state index contributed by atoms with van der Waals surface area (Å²) in [6.07, 6.45) is 0. The van der Waals surface area contributed by atoms with Crippen molar-refractivity contribution in [2.75, 3.05) is 18.5 Å². The number of ether oxygens (including phenoxy) is 2. The lowest BCUT2D eigenvalue weighted by atomic mass is 10.2. The third-order valence-corrected chi connectivity index (χ3v) is 4.23. The van der Waals surface area contributed by atoms with E-state index in [1.54, 1.807) is 24.3 Å². The number of carbonyl (C=O) groups excluding carboxylic acids is 1. The van der Waals surface area contributed by atoms with Gasteiger partial charge in [-0.25, -0.2) is 0 Å². The highest BCUT2D eigenvalue weighted by molar-refractivity contribution is 7.80. The van der Waals surface area contributed by atoms with Gasteiger partial charge >= 0.3 is 0 Å². The van der Waals surface area contributed by atoms with Crippen LogP contribution in [0.25, 0.3) is 0 Å². The monoisotopic (exact) mass is 437 g/mol. The smallest absolute Gasteiger partial charge is 0.269 e. The van der Waals surface area contributed by atoms with Crippen LogP contribution < -0.4 is 20.1 Å². The minimum Gasteiger partial charge on any atom is -0.490 e. The molecule has 0 aromatic heterocycles. The number of thiocarbonyl (C=S) groups is 1. The minimum absolute atomic E-state index is 0.0357. The van der Waals surface area contributed by atoms with E-state index >= 15 is 0 Å². The van der Waals surface area contributed by atoms with Crippen molar-refractivity contribution in [3.8, 4) is 11.5 Å². The number of nitro groups is 1. The summed E-state index contributed by atoms with van der Waals surface area (Å²) < 4.78 is 11.2. The molecule has 0 radical (unpaired) electrons. The largest absolute Gasteiger partial charge is 0.490 e. The van der Waals surface area contributed by atoms with Crippen molar-refractivity contribution in [3.05, 3.63) is 94.5 Å². The quantitative estimate of drug-likeness (QED) is 0.236. The van der Waals surface area contributed by atoms with Crippen LogP contribution in [0.15, 0.2) is 78.9 Å². The highest BCUT2D eigenvalue weighted by Crippen LogP contribution is 2.16. The molecule has 0 atom stereocenters. The zero-order valence-electron chi connectivity index (χ0n) is 16.3. The van der Waals surface area contributed by atoms with Gasteiger partial charge in [0, 0.05) is 23.4 Å². The van der Waals surface area contributed by atoms with Crippen molar-refractivity contribution in [1.82, 2.24) is 5.32 Å². The molecular formula is C22H19N3O5S. The van der Waals surface area contributed by atoms with E-state index in [1.807, 2.05) is 30.3 Å². The number of anilines is 1. The Morgan fingerprint density at radius 3 is 2.23 bits per heavy atom. The van der Waals surface area contributed by atoms with E-state index in [4.69, 9.17) is 21.7 Å². The highest BCUT2D eigenvalue weighted by atomic mass is 32.1. The number of hydrogen-bond donors (Lipinski definition) is 2. The van der Waals surface area contributed by atoms with Gasteiger partial charge < -0.3 is 14.8 Å². The molecular weight excluding hydrogens is 418 g/mol. The summed E-state index contributed by atoms with van der Waals surface area (Å²) in [5.74, 6) is 0.872. The predicted octanol–water partition coefficient (Wildman–Crippen LogP) is 4.18. The van der Waals surface area contributed by atoms with Crippen LogP contribution in [0, 0.1) is 10.1 Å². The van der Waals surface area contributed by atoms with Crippen molar-refractivity contribution < 1.29 is 19.2 Å². The molecule has 0 aliphatic carbocycles. The second-order valence-corrected chi connectivity index (χ2v) is 6.66. The fourth-order valence-electron chi connectivity index (χ4n) is 2.57. The number of hydrogen-bond acceptors (Lipinski definition) is 6. The summed E-state index contributed by atoms with van der Waals surface area (Å²) in [4.78, 5) is 22.7. The maximum atomic E-state index is 12.4. The van der Waals surface area contributed by atoms with Crippen molar-refractivity contribution >= 4 is 34.6 Å². The number of rotatable bonds is 8. The molecule has 0 heterocycles. The number of benzene rings is 3. The second kappa shape index (κ2) is 10.7. The summed E-state index contributed by atoms with van der Waals surface area (Å²) in [5, 5.41) is 16.1. The van der Waals surface area contributed by atoms with Crippen LogP contribution in [0.4, 0.5) is 11.4 Å². The lowest BCUT2D eigenvalue weighted by Crippen LogP contribution is -2.34. The van der Waals surface area contributed by atoms with E-state index in [9.17, 15) is 14.9 Å². The first-order valence-corrected chi connectivity index (χ1v) is 9.69. The van der Waals surface area contributed by atoms with Gasteiger partial charge in [0.2, 0.25) is 0 Å². The Labute approximate surface area is 184 Å². The molecule has 0 aliphatic heterocycles. The second-order valence-electron chi connectivity index (χ2n) is 6.25. The van der Waals surface area contributed by atoms with Crippen LogP contribution in [-0.4, -0.2) is 29.2 Å². The van der Waals surface area contributed by atoms with Gasteiger partial charge in [-0.15, -0.1) is 0 Å². The molecule has 0 bridgehead atoms. The topological polar surface area (TPSA) is 103 Å². The molecule has 0 saturated heterocycles. The zero-order valence-corrected chi connectivity index (χ0v) is 17.1. The lowest BCUT2D eigenvalue weighted by molar-refractivity contribution is -0.384. The van der Waals surface area contributed by atoms with Crippen molar-refractivity contribution in [2.24, 2.45) is 0 Å². The van der Waals surface area contributed by atoms with Gasteiger partial charge in [-0.2, -0.15) is 0 Å². The minimum atomic E-state index is -0.493. The van der Waals surface area contributed by atoms with E-state index in [1.165, 1.54) is 24.3 Å². The molecule has 9 heteroatoms. The lowest BCUT2D eigenvalue weighted by Gasteiger charge is -2.11. The molecule has 3 rings (SSSR count). The van der Waals surface area contributed by atoms with E-state index in [2.05, 4.69) is 10.6 Å². The fraction of sp³-hybridized carbons (Fsp3) is 0.0909. The SMILES string of the molecule is O=C(NC(=S)Nc1ccc([N+](=O)[O-])cc1)c1cccc(OCCOc2ccccc2)c1. The first kappa shape index (κ1) is 21.7. The molecule has 31 heavy (non-hydrogen) atoms. The third kappa shape index (κ3) is 6.79. The number of nitrogens with zero attached hydrogens (tertiary/aromatic N) is 1. The number of amides is 1. The molecule has 2 N–H and O–H groups in total. The van der Waals surface area contributed by atoms with Crippen LogP contribution in [0.1, 0.15) is 10.4 Å². The van der Waals surface area contributed by atoms with E-state index in [0.717, 1.165) is 5.75 Å². The van der Waals surface area contributed by atoms with Crippen LogP contribution in [0.2, 0.25) is 0 Å². The Morgan fingerprint density at radius 2 is 1.55 bits per heavy atom. The molecule has 158 valence electrons.